The number of methoxy groups -OCH3 is 1. The number of piperazine rings is 1. The number of halogens is 1. The van der Waals surface area contributed by atoms with Crippen molar-refractivity contribution in [2.24, 2.45) is 0 Å². The molecule has 8 heteroatoms. The highest BCUT2D eigenvalue weighted by atomic mass is 35.5. The number of rotatable bonds is 7. The van der Waals surface area contributed by atoms with E-state index in [-0.39, 0.29) is 12.5 Å². The Morgan fingerprint density at radius 3 is 2.33 bits per heavy atom. The molecule has 1 amide bonds. The molecule has 1 aliphatic rings. The van der Waals surface area contributed by atoms with Gasteiger partial charge in [-0.3, -0.25) is 9.69 Å². The molecule has 1 aliphatic heterocycles. The molecule has 0 aliphatic carbocycles. The second-order valence-corrected chi connectivity index (χ2v) is 7.60. The van der Waals surface area contributed by atoms with Crippen LogP contribution in [0.5, 0.6) is 5.75 Å². The summed E-state index contributed by atoms with van der Waals surface area (Å²) in [4.78, 5) is 26.7. The van der Waals surface area contributed by atoms with Crippen molar-refractivity contribution in [1.29, 1.82) is 0 Å². The lowest BCUT2D eigenvalue weighted by atomic mass is 10.1. The van der Waals surface area contributed by atoms with Crippen molar-refractivity contribution < 1.29 is 24.2 Å². The number of carboxylic acid groups (broad SMARTS) is 1. The van der Waals surface area contributed by atoms with Gasteiger partial charge in [0.05, 0.1) is 13.5 Å². The molecule has 0 spiro atoms. The fourth-order valence-electron chi connectivity index (χ4n) is 3.38. The summed E-state index contributed by atoms with van der Waals surface area (Å²) in [5.74, 6) is -0.156. The van der Waals surface area contributed by atoms with E-state index in [0.717, 1.165) is 22.4 Å². The largest absolute Gasteiger partial charge is 0.489 e. The lowest BCUT2D eigenvalue weighted by molar-refractivity contribution is -0.136. The topological polar surface area (TPSA) is 79.3 Å². The van der Waals surface area contributed by atoms with Crippen LogP contribution in [-0.4, -0.2) is 60.3 Å². The minimum Gasteiger partial charge on any atom is -0.489 e. The zero-order chi connectivity index (χ0) is 21.5. The Morgan fingerprint density at radius 2 is 1.70 bits per heavy atom. The molecule has 30 heavy (non-hydrogen) atoms. The van der Waals surface area contributed by atoms with Crippen LogP contribution in [0.3, 0.4) is 0 Å². The predicted octanol–water partition coefficient (Wildman–Crippen LogP) is 3.43. The van der Waals surface area contributed by atoms with Gasteiger partial charge in [-0.2, -0.15) is 0 Å². The van der Waals surface area contributed by atoms with Crippen LogP contribution in [0.1, 0.15) is 16.7 Å². The van der Waals surface area contributed by atoms with E-state index in [1.807, 2.05) is 36.4 Å². The van der Waals surface area contributed by atoms with Crippen molar-refractivity contribution in [3.8, 4) is 5.75 Å². The van der Waals surface area contributed by atoms with Gasteiger partial charge in [0.1, 0.15) is 12.4 Å². The van der Waals surface area contributed by atoms with Crippen LogP contribution in [-0.2, 0) is 29.1 Å². The molecule has 0 saturated carbocycles. The molecule has 1 fully saturated rings. The zero-order valence-corrected chi connectivity index (χ0v) is 17.6. The summed E-state index contributed by atoms with van der Waals surface area (Å²) in [6.07, 6.45) is -0.356. The first-order valence-electron chi connectivity index (χ1n) is 9.70. The van der Waals surface area contributed by atoms with Gasteiger partial charge >= 0.3 is 12.1 Å². The van der Waals surface area contributed by atoms with Crippen LogP contribution in [0.4, 0.5) is 4.79 Å². The van der Waals surface area contributed by atoms with Crippen molar-refractivity contribution in [3.05, 3.63) is 64.2 Å². The molecule has 160 valence electrons. The number of carboxylic acids is 1. The van der Waals surface area contributed by atoms with Crippen molar-refractivity contribution >= 4 is 23.7 Å². The quantitative estimate of drug-likeness (QED) is 0.722. The number of hydrogen-bond acceptors (Lipinski definition) is 5. The fourth-order valence-corrected chi connectivity index (χ4v) is 3.51. The molecule has 1 heterocycles. The highest BCUT2D eigenvalue weighted by Crippen LogP contribution is 2.24. The number of amides is 1. The van der Waals surface area contributed by atoms with Gasteiger partial charge in [-0.25, -0.2) is 4.79 Å². The van der Waals surface area contributed by atoms with E-state index in [4.69, 9.17) is 26.2 Å². The molecular formula is C22H25ClN2O5. The molecule has 0 bridgehead atoms. The van der Waals surface area contributed by atoms with Gasteiger partial charge in [-0.1, -0.05) is 35.9 Å². The Labute approximate surface area is 180 Å². The van der Waals surface area contributed by atoms with Gasteiger partial charge in [0.2, 0.25) is 0 Å². The van der Waals surface area contributed by atoms with Gasteiger partial charge in [0, 0.05) is 43.3 Å². The summed E-state index contributed by atoms with van der Waals surface area (Å²) in [5, 5.41) is 9.80. The molecule has 2 aromatic rings. The first-order chi connectivity index (χ1) is 14.4. The number of benzene rings is 2. The molecule has 2 aromatic carbocycles. The number of aliphatic carboxylic acids is 1. The smallest absolute Gasteiger partial charge is 0.409 e. The first-order valence-corrected chi connectivity index (χ1v) is 10.1. The Balaban J connectivity index is 1.70. The van der Waals surface area contributed by atoms with Crippen LogP contribution in [0.15, 0.2) is 42.5 Å². The molecule has 3 rings (SSSR count). The Bertz CT molecular complexity index is 880. The van der Waals surface area contributed by atoms with Crippen LogP contribution < -0.4 is 4.74 Å². The maximum absolute atomic E-state index is 11.7. The van der Waals surface area contributed by atoms with E-state index in [9.17, 15) is 9.59 Å². The summed E-state index contributed by atoms with van der Waals surface area (Å²) in [6.45, 7) is 3.58. The van der Waals surface area contributed by atoms with Gasteiger partial charge in [-0.05, 0) is 29.3 Å². The molecule has 1 N–H and O–H groups in total. The summed E-state index contributed by atoms with van der Waals surface area (Å²) in [7, 11) is 1.38. The summed E-state index contributed by atoms with van der Waals surface area (Å²) in [5.41, 5.74) is 2.64. The summed E-state index contributed by atoms with van der Waals surface area (Å²) < 4.78 is 10.8. The molecule has 7 nitrogen and oxygen atoms in total. The normalized spacial score (nSPS) is 14.4. The third-order valence-electron chi connectivity index (χ3n) is 4.99. The van der Waals surface area contributed by atoms with E-state index in [0.29, 0.717) is 44.4 Å². The minimum atomic E-state index is -0.873. The zero-order valence-electron chi connectivity index (χ0n) is 16.8. The molecule has 0 atom stereocenters. The number of carbonyl (C=O) groups is 2. The van der Waals surface area contributed by atoms with E-state index < -0.39 is 5.97 Å². The van der Waals surface area contributed by atoms with E-state index in [1.54, 1.807) is 11.0 Å². The van der Waals surface area contributed by atoms with Crippen molar-refractivity contribution in [1.82, 2.24) is 9.80 Å². The number of hydrogen-bond donors (Lipinski definition) is 1. The maximum atomic E-state index is 11.7. The third-order valence-corrected chi connectivity index (χ3v) is 5.24. The average Bonchev–Trinajstić information content (AvgIpc) is 2.74. The van der Waals surface area contributed by atoms with Gasteiger partial charge in [0.25, 0.3) is 0 Å². The maximum Gasteiger partial charge on any atom is 0.409 e. The molecule has 0 radical (unpaired) electrons. The summed E-state index contributed by atoms with van der Waals surface area (Å²) >= 11 is 5.93. The second kappa shape index (κ2) is 10.3. The molecular weight excluding hydrogens is 408 g/mol. The second-order valence-electron chi connectivity index (χ2n) is 7.16. The fraction of sp³-hybridized carbons (Fsp3) is 0.364. The lowest BCUT2D eigenvalue weighted by Crippen LogP contribution is -2.48. The number of ether oxygens (including phenoxy) is 2. The van der Waals surface area contributed by atoms with Crippen LogP contribution >= 0.6 is 11.6 Å². The Morgan fingerprint density at radius 1 is 1.03 bits per heavy atom. The summed E-state index contributed by atoms with van der Waals surface area (Å²) in [6, 6.07) is 13.0. The minimum absolute atomic E-state index is 0.0411. The Hall–Kier alpha value is -2.77. The van der Waals surface area contributed by atoms with Crippen LogP contribution in [0.2, 0.25) is 5.02 Å². The van der Waals surface area contributed by atoms with Gasteiger partial charge < -0.3 is 19.5 Å². The van der Waals surface area contributed by atoms with E-state index in [2.05, 4.69) is 4.90 Å². The first kappa shape index (κ1) is 21.9. The number of nitrogens with zero attached hydrogens (tertiary/aromatic N) is 2. The molecule has 0 unspecified atom stereocenters. The molecule has 0 aromatic heterocycles. The third kappa shape index (κ3) is 6.11. The van der Waals surface area contributed by atoms with Crippen molar-refractivity contribution in [2.75, 3.05) is 33.3 Å². The van der Waals surface area contributed by atoms with Crippen molar-refractivity contribution in [2.45, 2.75) is 19.6 Å². The standard InChI is InChI=1S/C22H25ClN2O5/c1-29-22(28)25-10-8-24(9-11-25)14-18-12-17(13-21(26)27)4-7-20(18)30-15-16-2-5-19(23)6-3-16/h2-7,12H,8-11,13-15H2,1H3,(H,26,27). The number of carbonyl (C=O) groups excluding carboxylic acids is 1. The van der Waals surface area contributed by atoms with Crippen molar-refractivity contribution in [3.63, 3.8) is 0 Å². The predicted molar refractivity (Wildman–Crippen MR) is 113 cm³/mol. The van der Waals surface area contributed by atoms with E-state index >= 15 is 0 Å². The lowest BCUT2D eigenvalue weighted by Gasteiger charge is -2.34. The SMILES string of the molecule is COC(=O)N1CCN(Cc2cc(CC(=O)O)ccc2OCc2ccc(Cl)cc2)CC1. The highest BCUT2D eigenvalue weighted by Gasteiger charge is 2.22. The van der Waals surface area contributed by atoms with Crippen LogP contribution in [0, 0.1) is 0 Å². The van der Waals surface area contributed by atoms with Crippen LogP contribution in [0.25, 0.3) is 0 Å². The van der Waals surface area contributed by atoms with E-state index in [1.165, 1.54) is 7.11 Å². The average molecular weight is 433 g/mol. The van der Waals surface area contributed by atoms with Gasteiger partial charge in [0.15, 0.2) is 0 Å². The van der Waals surface area contributed by atoms with Gasteiger partial charge in [-0.15, -0.1) is 0 Å². The molecule has 1 saturated heterocycles. The highest BCUT2D eigenvalue weighted by molar-refractivity contribution is 6.30. The Kier molecular flexibility index (Phi) is 7.54. The monoisotopic (exact) mass is 432 g/mol.